The Morgan fingerprint density at radius 1 is 1.13 bits per heavy atom. The third-order valence-electron chi connectivity index (χ3n) is 3.89. The summed E-state index contributed by atoms with van der Waals surface area (Å²) in [6.45, 7) is 7.25. The quantitative estimate of drug-likeness (QED) is 0.702. The lowest BCUT2D eigenvalue weighted by Crippen LogP contribution is -2.17. The molecule has 0 atom stereocenters. The SMILES string of the molecule is Cc1ccc(C)c(N=c2scc(C)n2CCc2ccccn2)c1. The maximum Gasteiger partial charge on any atom is 0.190 e. The third-order valence-corrected chi connectivity index (χ3v) is 4.87. The third kappa shape index (κ3) is 3.77. The lowest BCUT2D eigenvalue weighted by Gasteiger charge is -2.06. The van der Waals surface area contributed by atoms with Crippen LogP contribution in [0.4, 0.5) is 5.69 Å². The number of rotatable bonds is 4. The Kier molecular flexibility index (Phi) is 4.72. The molecule has 0 amide bonds. The molecular formula is C19H21N3S. The topological polar surface area (TPSA) is 30.2 Å². The fourth-order valence-corrected chi connectivity index (χ4v) is 3.41. The smallest absolute Gasteiger partial charge is 0.190 e. The average molecular weight is 323 g/mol. The predicted octanol–water partition coefficient (Wildman–Crippen LogP) is 4.34. The lowest BCUT2D eigenvalue weighted by atomic mass is 10.1. The summed E-state index contributed by atoms with van der Waals surface area (Å²) < 4.78 is 2.28. The molecule has 23 heavy (non-hydrogen) atoms. The van der Waals surface area contributed by atoms with E-state index >= 15 is 0 Å². The average Bonchev–Trinajstić information content (AvgIpc) is 2.90. The minimum atomic E-state index is 0.899. The first-order valence-corrected chi connectivity index (χ1v) is 8.68. The van der Waals surface area contributed by atoms with E-state index in [1.807, 2.05) is 18.3 Å². The Hall–Kier alpha value is -2.20. The van der Waals surface area contributed by atoms with Crippen LogP contribution in [0.1, 0.15) is 22.5 Å². The van der Waals surface area contributed by atoms with Gasteiger partial charge in [-0.05, 0) is 50.1 Å². The molecule has 0 radical (unpaired) electrons. The molecule has 0 spiro atoms. The van der Waals surface area contributed by atoms with Crippen LogP contribution in [0, 0.1) is 20.8 Å². The van der Waals surface area contributed by atoms with Crippen molar-refractivity contribution in [2.24, 2.45) is 4.99 Å². The molecule has 1 aromatic carbocycles. The molecule has 118 valence electrons. The number of benzene rings is 1. The highest BCUT2D eigenvalue weighted by atomic mass is 32.1. The van der Waals surface area contributed by atoms with Crippen molar-refractivity contribution < 1.29 is 0 Å². The van der Waals surface area contributed by atoms with Crippen LogP contribution in [0.25, 0.3) is 0 Å². The van der Waals surface area contributed by atoms with Crippen LogP contribution in [0.15, 0.2) is 53.0 Å². The molecule has 0 aliphatic heterocycles. The maximum atomic E-state index is 4.90. The van der Waals surface area contributed by atoms with Crippen molar-refractivity contribution >= 4 is 17.0 Å². The molecule has 0 N–H and O–H groups in total. The van der Waals surface area contributed by atoms with Gasteiger partial charge in [0, 0.05) is 35.9 Å². The molecule has 2 heterocycles. The second-order valence-electron chi connectivity index (χ2n) is 5.78. The summed E-state index contributed by atoms with van der Waals surface area (Å²) in [7, 11) is 0. The van der Waals surface area contributed by atoms with Crippen molar-refractivity contribution in [1.82, 2.24) is 9.55 Å². The summed E-state index contributed by atoms with van der Waals surface area (Å²) in [5, 5.41) is 2.17. The van der Waals surface area contributed by atoms with Crippen LogP contribution in [0.2, 0.25) is 0 Å². The monoisotopic (exact) mass is 323 g/mol. The summed E-state index contributed by atoms with van der Waals surface area (Å²) in [5.41, 5.74) is 5.86. The molecule has 0 aliphatic rings. The number of hydrogen-bond acceptors (Lipinski definition) is 3. The minimum absolute atomic E-state index is 0.899. The Balaban J connectivity index is 1.92. The summed E-state index contributed by atoms with van der Waals surface area (Å²) >= 11 is 1.70. The zero-order valence-electron chi connectivity index (χ0n) is 13.8. The molecule has 3 aromatic rings. The second-order valence-corrected chi connectivity index (χ2v) is 6.62. The number of aryl methyl sites for hydroxylation is 4. The Morgan fingerprint density at radius 2 is 2.00 bits per heavy atom. The van der Waals surface area contributed by atoms with Crippen molar-refractivity contribution in [3.05, 3.63) is 75.3 Å². The van der Waals surface area contributed by atoms with Gasteiger partial charge >= 0.3 is 0 Å². The number of thiazole rings is 1. The second kappa shape index (κ2) is 6.92. The van der Waals surface area contributed by atoms with E-state index in [0.29, 0.717) is 0 Å². The van der Waals surface area contributed by atoms with Crippen LogP contribution < -0.4 is 4.80 Å². The molecule has 3 rings (SSSR count). The van der Waals surface area contributed by atoms with Gasteiger partial charge in [-0.1, -0.05) is 18.2 Å². The Morgan fingerprint density at radius 3 is 2.78 bits per heavy atom. The van der Waals surface area contributed by atoms with Gasteiger partial charge in [0.1, 0.15) is 0 Å². The molecule has 0 saturated carbocycles. The van der Waals surface area contributed by atoms with Gasteiger partial charge in [-0.15, -0.1) is 11.3 Å². The summed E-state index contributed by atoms with van der Waals surface area (Å²) in [4.78, 5) is 10.4. The van der Waals surface area contributed by atoms with Gasteiger partial charge in [0.05, 0.1) is 5.69 Å². The Bertz CT molecular complexity index is 860. The number of hydrogen-bond donors (Lipinski definition) is 0. The standard InChI is InChI=1S/C19H21N3S/c1-14-7-8-15(2)18(12-14)21-19-22(16(3)13-23-19)11-9-17-6-4-5-10-20-17/h4-8,10,12-13H,9,11H2,1-3H3. The summed E-state index contributed by atoms with van der Waals surface area (Å²) in [6, 6.07) is 12.5. The number of pyridine rings is 1. The van der Waals surface area contributed by atoms with Crippen molar-refractivity contribution in [2.45, 2.75) is 33.7 Å². The first-order valence-electron chi connectivity index (χ1n) is 7.80. The van der Waals surface area contributed by atoms with Gasteiger partial charge in [-0.25, -0.2) is 4.99 Å². The van der Waals surface area contributed by atoms with Crippen molar-refractivity contribution in [1.29, 1.82) is 0 Å². The predicted molar refractivity (Wildman–Crippen MR) is 96.1 cm³/mol. The normalized spacial score (nSPS) is 11.9. The van der Waals surface area contributed by atoms with Crippen molar-refractivity contribution in [3.8, 4) is 0 Å². The van der Waals surface area contributed by atoms with E-state index in [9.17, 15) is 0 Å². The molecule has 0 saturated heterocycles. The van der Waals surface area contributed by atoms with Crippen molar-refractivity contribution in [3.63, 3.8) is 0 Å². The van der Waals surface area contributed by atoms with E-state index in [0.717, 1.165) is 29.1 Å². The van der Waals surface area contributed by atoms with E-state index in [1.165, 1.54) is 16.8 Å². The van der Waals surface area contributed by atoms with Gasteiger partial charge < -0.3 is 4.57 Å². The first-order chi connectivity index (χ1) is 11.1. The Labute approximate surface area is 141 Å². The minimum Gasteiger partial charge on any atom is -0.321 e. The fraction of sp³-hybridized carbons (Fsp3) is 0.263. The molecule has 3 nitrogen and oxygen atoms in total. The zero-order chi connectivity index (χ0) is 16.2. The van der Waals surface area contributed by atoms with Gasteiger partial charge in [-0.3, -0.25) is 4.98 Å². The highest BCUT2D eigenvalue weighted by Crippen LogP contribution is 2.19. The zero-order valence-corrected chi connectivity index (χ0v) is 14.6. The van der Waals surface area contributed by atoms with Gasteiger partial charge in [0.25, 0.3) is 0 Å². The van der Waals surface area contributed by atoms with E-state index < -0.39 is 0 Å². The number of nitrogens with zero attached hydrogens (tertiary/aromatic N) is 3. The highest BCUT2D eigenvalue weighted by Gasteiger charge is 2.04. The van der Waals surface area contributed by atoms with Crippen LogP contribution in [-0.2, 0) is 13.0 Å². The van der Waals surface area contributed by atoms with Gasteiger partial charge in [-0.2, -0.15) is 0 Å². The fourth-order valence-electron chi connectivity index (χ4n) is 2.49. The van der Waals surface area contributed by atoms with Crippen LogP contribution in [0.5, 0.6) is 0 Å². The molecule has 0 unspecified atom stereocenters. The van der Waals surface area contributed by atoms with E-state index in [2.05, 4.69) is 60.0 Å². The maximum absolute atomic E-state index is 4.90. The molecule has 0 fully saturated rings. The molecule has 0 bridgehead atoms. The van der Waals surface area contributed by atoms with Gasteiger partial charge in [0.15, 0.2) is 4.80 Å². The molecule has 0 aliphatic carbocycles. The lowest BCUT2D eigenvalue weighted by molar-refractivity contribution is 0.650. The van der Waals surface area contributed by atoms with E-state index in [-0.39, 0.29) is 0 Å². The molecular weight excluding hydrogens is 302 g/mol. The van der Waals surface area contributed by atoms with E-state index in [4.69, 9.17) is 4.99 Å². The van der Waals surface area contributed by atoms with Crippen molar-refractivity contribution in [2.75, 3.05) is 0 Å². The first kappa shape index (κ1) is 15.7. The van der Waals surface area contributed by atoms with Crippen LogP contribution >= 0.6 is 11.3 Å². The summed E-state index contributed by atoms with van der Waals surface area (Å²) in [5.74, 6) is 0. The van der Waals surface area contributed by atoms with E-state index in [1.54, 1.807) is 11.3 Å². The molecule has 2 aromatic heterocycles. The summed E-state index contributed by atoms with van der Waals surface area (Å²) in [6.07, 6.45) is 2.76. The highest BCUT2D eigenvalue weighted by molar-refractivity contribution is 7.07. The van der Waals surface area contributed by atoms with Crippen LogP contribution in [-0.4, -0.2) is 9.55 Å². The van der Waals surface area contributed by atoms with Gasteiger partial charge in [0.2, 0.25) is 0 Å². The largest absolute Gasteiger partial charge is 0.321 e. The number of aromatic nitrogens is 2. The van der Waals surface area contributed by atoms with Crippen LogP contribution in [0.3, 0.4) is 0 Å². The molecule has 4 heteroatoms.